The molecule has 4 nitrogen and oxygen atoms in total. The number of imidazole rings is 1. The number of hydrogen-bond donors (Lipinski definition) is 1. The summed E-state index contributed by atoms with van der Waals surface area (Å²) < 4.78 is 27.9. The lowest BCUT2D eigenvalue weighted by Gasteiger charge is -1.97. The highest BCUT2D eigenvalue weighted by Gasteiger charge is 2.09. The Morgan fingerprint density at radius 3 is 2.45 bits per heavy atom. The minimum atomic E-state index is -1.06. The minimum Gasteiger partial charge on any atom is -0.478 e. The van der Waals surface area contributed by atoms with Gasteiger partial charge in [0.25, 0.3) is 0 Å². The molecule has 0 aliphatic carbocycles. The first-order valence-corrected chi connectivity index (χ1v) is 5.71. The largest absolute Gasteiger partial charge is 0.478 e. The van der Waals surface area contributed by atoms with E-state index in [0.29, 0.717) is 16.9 Å². The molecule has 0 unspecified atom stereocenters. The second kappa shape index (κ2) is 4.41. The molecule has 0 spiro atoms. The predicted molar refractivity (Wildman–Crippen MR) is 67.5 cm³/mol. The molecule has 0 atom stereocenters. The number of nitrogens with zero attached hydrogens (tertiary/aromatic N) is 2. The Hall–Kier alpha value is -2.76. The van der Waals surface area contributed by atoms with Gasteiger partial charge in [0.2, 0.25) is 0 Å². The number of pyridine rings is 1. The van der Waals surface area contributed by atoms with Crippen LogP contribution in [-0.2, 0) is 0 Å². The molecule has 0 saturated heterocycles. The van der Waals surface area contributed by atoms with Gasteiger partial charge in [-0.05, 0) is 24.3 Å². The van der Waals surface area contributed by atoms with Gasteiger partial charge in [0.05, 0.1) is 11.3 Å². The molecule has 0 aliphatic heterocycles. The van der Waals surface area contributed by atoms with E-state index in [1.54, 1.807) is 0 Å². The van der Waals surface area contributed by atoms with Crippen LogP contribution in [0.4, 0.5) is 8.78 Å². The number of benzene rings is 1. The smallest absolute Gasteiger partial charge is 0.337 e. The molecule has 0 amide bonds. The summed E-state index contributed by atoms with van der Waals surface area (Å²) in [6.45, 7) is 0. The molecule has 2 aromatic heterocycles. The zero-order valence-electron chi connectivity index (χ0n) is 10.0. The van der Waals surface area contributed by atoms with Gasteiger partial charge in [-0.1, -0.05) is 0 Å². The van der Waals surface area contributed by atoms with Gasteiger partial charge in [0.1, 0.15) is 17.3 Å². The quantitative estimate of drug-likeness (QED) is 0.781. The summed E-state index contributed by atoms with van der Waals surface area (Å²) in [4.78, 5) is 15.1. The van der Waals surface area contributed by atoms with Crippen LogP contribution in [0, 0.1) is 11.6 Å². The van der Waals surface area contributed by atoms with E-state index >= 15 is 0 Å². The van der Waals surface area contributed by atoms with E-state index in [2.05, 4.69) is 4.98 Å². The topological polar surface area (TPSA) is 54.6 Å². The Labute approximate surface area is 111 Å². The van der Waals surface area contributed by atoms with Crippen LogP contribution in [0.1, 0.15) is 10.4 Å². The van der Waals surface area contributed by atoms with E-state index < -0.39 is 17.6 Å². The van der Waals surface area contributed by atoms with Crippen LogP contribution in [0.3, 0.4) is 0 Å². The fourth-order valence-electron chi connectivity index (χ4n) is 1.96. The first kappa shape index (κ1) is 12.3. The first-order valence-electron chi connectivity index (χ1n) is 5.71. The van der Waals surface area contributed by atoms with Crippen molar-refractivity contribution in [2.75, 3.05) is 0 Å². The fourth-order valence-corrected chi connectivity index (χ4v) is 1.96. The lowest BCUT2D eigenvalue weighted by atomic mass is 10.1. The molecule has 1 aromatic carbocycles. The van der Waals surface area contributed by atoms with Gasteiger partial charge < -0.3 is 9.51 Å². The Bertz CT molecular complexity index is 807. The maximum Gasteiger partial charge on any atom is 0.337 e. The summed E-state index contributed by atoms with van der Waals surface area (Å²) in [6, 6.07) is 6.07. The van der Waals surface area contributed by atoms with Crippen LogP contribution in [-0.4, -0.2) is 20.5 Å². The molecule has 1 N–H and O–H groups in total. The third-order valence-corrected chi connectivity index (χ3v) is 2.86. The zero-order chi connectivity index (χ0) is 14.3. The van der Waals surface area contributed by atoms with Crippen LogP contribution in [0.15, 0.2) is 42.7 Å². The van der Waals surface area contributed by atoms with Crippen molar-refractivity contribution in [2.45, 2.75) is 0 Å². The summed E-state index contributed by atoms with van der Waals surface area (Å²) in [5, 5.41) is 8.91. The third kappa shape index (κ3) is 2.11. The molecule has 0 bridgehead atoms. The van der Waals surface area contributed by atoms with Crippen molar-refractivity contribution < 1.29 is 18.7 Å². The molecular formula is C14H8F2N2O2. The number of aromatic nitrogens is 2. The summed E-state index contributed by atoms with van der Waals surface area (Å²) in [5.74, 6) is -2.44. The van der Waals surface area contributed by atoms with Crippen molar-refractivity contribution >= 4 is 11.6 Å². The maximum atomic E-state index is 13.2. The summed E-state index contributed by atoms with van der Waals surface area (Å²) in [5.41, 5.74) is 1.26. The van der Waals surface area contributed by atoms with E-state index in [0.717, 1.165) is 6.07 Å². The van der Waals surface area contributed by atoms with Crippen molar-refractivity contribution in [3.05, 3.63) is 59.9 Å². The molecule has 0 saturated carbocycles. The summed E-state index contributed by atoms with van der Waals surface area (Å²) >= 11 is 0. The highest BCUT2D eigenvalue weighted by Crippen LogP contribution is 2.21. The van der Waals surface area contributed by atoms with Crippen LogP contribution < -0.4 is 0 Å². The molecule has 3 aromatic rings. The van der Waals surface area contributed by atoms with E-state index in [-0.39, 0.29) is 5.56 Å². The number of halogens is 2. The van der Waals surface area contributed by atoms with Crippen molar-refractivity contribution in [1.29, 1.82) is 0 Å². The molecule has 100 valence electrons. The van der Waals surface area contributed by atoms with Crippen LogP contribution in [0.5, 0.6) is 0 Å². The zero-order valence-corrected chi connectivity index (χ0v) is 10.0. The van der Waals surface area contributed by atoms with Crippen LogP contribution >= 0.6 is 0 Å². The average Bonchev–Trinajstić information content (AvgIpc) is 2.80. The van der Waals surface area contributed by atoms with Gasteiger partial charge in [-0.3, -0.25) is 0 Å². The number of carboxylic acid groups (broad SMARTS) is 1. The highest BCUT2D eigenvalue weighted by molar-refractivity contribution is 5.87. The maximum absolute atomic E-state index is 13.2. The Balaban J connectivity index is 2.15. The lowest BCUT2D eigenvalue weighted by molar-refractivity contribution is 0.0696. The third-order valence-electron chi connectivity index (χ3n) is 2.86. The standard InChI is InChI=1S/C14H8F2N2O2/c15-10-3-9(4-11(16)5-10)12-7-18-6-8(14(19)20)1-2-13(18)17-12/h1-7H,(H,19,20). The molecular weight excluding hydrogens is 266 g/mol. The molecule has 20 heavy (non-hydrogen) atoms. The number of hydrogen-bond acceptors (Lipinski definition) is 2. The van der Waals surface area contributed by atoms with Gasteiger partial charge in [-0.15, -0.1) is 0 Å². The van der Waals surface area contributed by atoms with Crippen LogP contribution in [0.2, 0.25) is 0 Å². The Morgan fingerprint density at radius 2 is 1.80 bits per heavy atom. The van der Waals surface area contributed by atoms with Crippen molar-refractivity contribution in [1.82, 2.24) is 9.38 Å². The second-order valence-electron chi connectivity index (χ2n) is 4.27. The highest BCUT2D eigenvalue weighted by atomic mass is 19.1. The number of aromatic carboxylic acids is 1. The van der Waals surface area contributed by atoms with Crippen molar-refractivity contribution in [3.8, 4) is 11.3 Å². The van der Waals surface area contributed by atoms with Crippen molar-refractivity contribution in [3.63, 3.8) is 0 Å². The molecule has 0 aliphatic rings. The van der Waals surface area contributed by atoms with Crippen LogP contribution in [0.25, 0.3) is 16.9 Å². The Morgan fingerprint density at radius 1 is 1.10 bits per heavy atom. The molecule has 2 heterocycles. The molecule has 3 rings (SSSR count). The van der Waals surface area contributed by atoms with Gasteiger partial charge in [-0.2, -0.15) is 0 Å². The number of carboxylic acids is 1. The first-order chi connectivity index (χ1) is 9.52. The van der Waals surface area contributed by atoms with Gasteiger partial charge >= 0.3 is 5.97 Å². The average molecular weight is 274 g/mol. The summed E-state index contributed by atoms with van der Waals surface area (Å²) in [6.07, 6.45) is 2.92. The normalized spacial score (nSPS) is 10.9. The van der Waals surface area contributed by atoms with Gasteiger partial charge in [-0.25, -0.2) is 18.6 Å². The Kier molecular flexibility index (Phi) is 2.71. The van der Waals surface area contributed by atoms with Gasteiger partial charge in [0.15, 0.2) is 0 Å². The van der Waals surface area contributed by atoms with E-state index in [9.17, 15) is 13.6 Å². The predicted octanol–water partition coefficient (Wildman–Crippen LogP) is 2.98. The van der Waals surface area contributed by atoms with E-state index in [1.165, 1.54) is 41.1 Å². The SMILES string of the molecule is O=C(O)c1ccc2nc(-c3cc(F)cc(F)c3)cn2c1. The van der Waals surface area contributed by atoms with Gasteiger partial charge in [0, 0.05) is 24.0 Å². The molecule has 0 fully saturated rings. The lowest BCUT2D eigenvalue weighted by Crippen LogP contribution is -1.97. The number of rotatable bonds is 2. The number of carbonyl (C=O) groups is 1. The van der Waals surface area contributed by atoms with E-state index in [4.69, 9.17) is 5.11 Å². The summed E-state index contributed by atoms with van der Waals surface area (Å²) in [7, 11) is 0. The molecule has 6 heteroatoms. The van der Waals surface area contributed by atoms with E-state index in [1.807, 2.05) is 0 Å². The monoisotopic (exact) mass is 274 g/mol. The fraction of sp³-hybridized carbons (Fsp3) is 0. The number of fused-ring (bicyclic) bond motifs is 1. The second-order valence-corrected chi connectivity index (χ2v) is 4.27. The molecule has 0 radical (unpaired) electrons. The minimum absolute atomic E-state index is 0.104. The van der Waals surface area contributed by atoms with Crippen molar-refractivity contribution in [2.24, 2.45) is 0 Å².